The number of aromatic nitrogens is 2. The zero-order valence-corrected chi connectivity index (χ0v) is 19.3. The third kappa shape index (κ3) is 5.09. The molecule has 0 aliphatic rings. The van der Waals surface area contributed by atoms with E-state index in [1.165, 1.54) is 0 Å². The van der Waals surface area contributed by atoms with Crippen molar-refractivity contribution in [1.82, 2.24) is 9.66 Å². The minimum Gasteiger partial charge on any atom is -0.457 e. The van der Waals surface area contributed by atoms with Gasteiger partial charge in [-0.2, -0.15) is 0 Å². The van der Waals surface area contributed by atoms with E-state index in [4.69, 9.17) is 4.74 Å². The van der Waals surface area contributed by atoms with Crippen LogP contribution in [0.3, 0.4) is 0 Å². The Morgan fingerprint density at radius 3 is 2.53 bits per heavy atom. The maximum Gasteiger partial charge on any atom is 0.306 e. The number of amides is 1. The van der Waals surface area contributed by atoms with E-state index in [9.17, 15) is 14.4 Å². The van der Waals surface area contributed by atoms with Crippen LogP contribution < -0.4 is 5.43 Å². The van der Waals surface area contributed by atoms with E-state index in [0.29, 0.717) is 28.9 Å². The molecule has 0 atom stereocenters. The SMILES string of the molecule is Cc1cc(C(=O)COC(=O)CCCc2c[nH]c3ccccc23)c(C)n1NC(=O)c1ccccc1. The van der Waals surface area contributed by atoms with Crippen molar-refractivity contribution in [3.63, 3.8) is 0 Å². The van der Waals surface area contributed by atoms with Crippen molar-refractivity contribution in [2.75, 3.05) is 12.0 Å². The highest BCUT2D eigenvalue weighted by molar-refractivity contribution is 6.01. The number of H-pyrrole nitrogens is 1. The summed E-state index contributed by atoms with van der Waals surface area (Å²) >= 11 is 0. The Hall–Kier alpha value is -4.13. The number of aromatic amines is 1. The number of carbonyl (C=O) groups excluding carboxylic acids is 3. The fraction of sp³-hybridized carbons (Fsp3) is 0.222. The summed E-state index contributed by atoms with van der Waals surface area (Å²) in [5, 5.41) is 1.15. The predicted molar refractivity (Wildman–Crippen MR) is 131 cm³/mol. The summed E-state index contributed by atoms with van der Waals surface area (Å²) in [6, 6.07) is 18.6. The normalized spacial score (nSPS) is 10.9. The van der Waals surface area contributed by atoms with Gasteiger partial charge in [-0.15, -0.1) is 0 Å². The molecule has 1 amide bonds. The van der Waals surface area contributed by atoms with Gasteiger partial charge in [0.2, 0.25) is 5.78 Å². The Labute approximate surface area is 197 Å². The molecule has 0 aliphatic carbocycles. The number of benzene rings is 2. The molecule has 0 radical (unpaired) electrons. The lowest BCUT2D eigenvalue weighted by Gasteiger charge is -2.11. The monoisotopic (exact) mass is 457 g/mol. The third-order valence-electron chi connectivity index (χ3n) is 5.85. The molecule has 0 fully saturated rings. The van der Waals surface area contributed by atoms with Crippen LogP contribution in [0.25, 0.3) is 10.9 Å². The van der Waals surface area contributed by atoms with Crippen LogP contribution in [-0.2, 0) is 16.0 Å². The molecule has 2 aromatic heterocycles. The first-order valence-corrected chi connectivity index (χ1v) is 11.2. The zero-order chi connectivity index (χ0) is 24.1. The average molecular weight is 458 g/mol. The van der Waals surface area contributed by atoms with Crippen molar-refractivity contribution in [2.24, 2.45) is 0 Å². The molecule has 174 valence electrons. The topological polar surface area (TPSA) is 93.2 Å². The Bertz CT molecular complexity index is 1330. The Kier molecular flexibility index (Phi) is 6.92. The van der Waals surface area contributed by atoms with Gasteiger partial charge in [-0.3, -0.25) is 24.5 Å². The lowest BCUT2D eigenvalue weighted by Crippen LogP contribution is -2.25. The summed E-state index contributed by atoms with van der Waals surface area (Å²) in [6.45, 7) is 3.21. The minimum atomic E-state index is -0.403. The standard InChI is InChI=1S/C27H27N3O4/c1-18-15-23(19(2)30(18)29-27(33)20-9-4-3-5-10-20)25(31)17-34-26(32)14-8-11-21-16-28-24-13-7-6-12-22(21)24/h3-7,9-10,12-13,15-16,28H,8,11,14,17H2,1-2H3,(H,29,33). The maximum atomic E-state index is 12.7. The fourth-order valence-electron chi connectivity index (χ4n) is 4.03. The van der Waals surface area contributed by atoms with E-state index in [1.807, 2.05) is 30.5 Å². The summed E-state index contributed by atoms with van der Waals surface area (Å²) in [5.74, 6) is -0.985. The number of ketones is 1. The van der Waals surface area contributed by atoms with Crippen molar-refractivity contribution in [1.29, 1.82) is 0 Å². The smallest absolute Gasteiger partial charge is 0.306 e. The number of para-hydroxylation sites is 1. The molecule has 34 heavy (non-hydrogen) atoms. The summed E-state index contributed by atoms with van der Waals surface area (Å²) < 4.78 is 6.80. The van der Waals surface area contributed by atoms with E-state index in [-0.39, 0.29) is 24.7 Å². The number of rotatable bonds is 9. The Morgan fingerprint density at radius 2 is 1.74 bits per heavy atom. The molecular formula is C27H27N3O4. The summed E-state index contributed by atoms with van der Waals surface area (Å²) in [4.78, 5) is 40.6. The van der Waals surface area contributed by atoms with Gasteiger partial charge in [-0.05, 0) is 56.5 Å². The third-order valence-corrected chi connectivity index (χ3v) is 5.85. The van der Waals surface area contributed by atoms with Crippen LogP contribution in [0, 0.1) is 13.8 Å². The minimum absolute atomic E-state index is 0.235. The van der Waals surface area contributed by atoms with Crippen LogP contribution in [0.2, 0.25) is 0 Å². The number of esters is 1. The molecule has 0 unspecified atom stereocenters. The van der Waals surface area contributed by atoms with Crippen LogP contribution in [-0.4, -0.2) is 33.9 Å². The van der Waals surface area contributed by atoms with Crippen molar-refractivity contribution < 1.29 is 19.1 Å². The number of nitrogens with zero attached hydrogens (tertiary/aromatic N) is 1. The molecule has 4 aromatic rings. The van der Waals surface area contributed by atoms with E-state index in [1.54, 1.807) is 48.9 Å². The van der Waals surface area contributed by atoms with Crippen LogP contribution in [0.15, 0.2) is 66.9 Å². The summed E-state index contributed by atoms with van der Waals surface area (Å²) in [5.41, 5.74) is 7.25. The van der Waals surface area contributed by atoms with E-state index >= 15 is 0 Å². The quantitative estimate of drug-likeness (QED) is 0.281. The maximum absolute atomic E-state index is 12.7. The van der Waals surface area contributed by atoms with Gasteiger partial charge < -0.3 is 9.72 Å². The first-order chi connectivity index (χ1) is 16.4. The second-order valence-electron chi connectivity index (χ2n) is 8.22. The van der Waals surface area contributed by atoms with Gasteiger partial charge in [-0.1, -0.05) is 36.4 Å². The molecule has 0 spiro atoms. The average Bonchev–Trinajstić information content (AvgIpc) is 3.39. The number of Topliss-reactive ketones (excluding diaryl/α,β-unsaturated/α-hetero) is 1. The molecule has 7 nitrogen and oxygen atoms in total. The van der Waals surface area contributed by atoms with Crippen LogP contribution in [0.5, 0.6) is 0 Å². The number of aryl methyl sites for hydroxylation is 2. The molecule has 0 bridgehead atoms. The predicted octanol–water partition coefficient (Wildman–Crippen LogP) is 4.72. The highest BCUT2D eigenvalue weighted by atomic mass is 16.5. The number of hydrogen-bond donors (Lipinski definition) is 2. The molecule has 0 saturated heterocycles. The molecule has 2 N–H and O–H groups in total. The van der Waals surface area contributed by atoms with Crippen LogP contribution in [0.4, 0.5) is 0 Å². The summed E-state index contributed by atoms with van der Waals surface area (Å²) in [7, 11) is 0. The lowest BCUT2D eigenvalue weighted by molar-refractivity contribution is -0.142. The Balaban J connectivity index is 1.29. The van der Waals surface area contributed by atoms with Crippen molar-refractivity contribution >= 4 is 28.6 Å². The van der Waals surface area contributed by atoms with Crippen molar-refractivity contribution in [3.8, 4) is 0 Å². The highest BCUT2D eigenvalue weighted by Crippen LogP contribution is 2.20. The largest absolute Gasteiger partial charge is 0.457 e. The highest BCUT2D eigenvalue weighted by Gasteiger charge is 2.19. The Morgan fingerprint density at radius 1 is 1.00 bits per heavy atom. The number of hydrogen-bond acceptors (Lipinski definition) is 4. The zero-order valence-electron chi connectivity index (χ0n) is 19.3. The van der Waals surface area contributed by atoms with Gasteiger partial charge in [0.25, 0.3) is 5.91 Å². The van der Waals surface area contributed by atoms with E-state index in [0.717, 1.165) is 22.9 Å². The molecule has 7 heteroatoms. The summed E-state index contributed by atoms with van der Waals surface area (Å²) in [6.07, 6.45) is 3.58. The van der Waals surface area contributed by atoms with Crippen LogP contribution in [0.1, 0.15) is 50.5 Å². The van der Waals surface area contributed by atoms with E-state index in [2.05, 4.69) is 16.5 Å². The van der Waals surface area contributed by atoms with E-state index < -0.39 is 5.97 Å². The van der Waals surface area contributed by atoms with Gasteiger partial charge in [0.1, 0.15) is 0 Å². The first kappa shape index (κ1) is 23.0. The first-order valence-electron chi connectivity index (χ1n) is 11.2. The van der Waals surface area contributed by atoms with Crippen molar-refractivity contribution in [3.05, 3.63) is 94.9 Å². The van der Waals surface area contributed by atoms with Gasteiger partial charge >= 0.3 is 5.97 Å². The van der Waals surface area contributed by atoms with Crippen molar-refractivity contribution in [2.45, 2.75) is 33.1 Å². The number of nitrogens with one attached hydrogen (secondary N) is 2. The second kappa shape index (κ2) is 10.2. The number of fused-ring (bicyclic) bond motifs is 1. The van der Waals surface area contributed by atoms with Gasteiger partial charge in [-0.25, -0.2) is 0 Å². The van der Waals surface area contributed by atoms with Gasteiger partial charge in [0, 0.05) is 46.0 Å². The fourth-order valence-corrected chi connectivity index (χ4v) is 4.03. The number of carbonyl (C=O) groups is 3. The second-order valence-corrected chi connectivity index (χ2v) is 8.22. The molecule has 2 aromatic carbocycles. The molecular weight excluding hydrogens is 430 g/mol. The molecule has 0 saturated carbocycles. The number of ether oxygens (including phenoxy) is 1. The van der Waals surface area contributed by atoms with Crippen LogP contribution >= 0.6 is 0 Å². The molecule has 0 aliphatic heterocycles. The van der Waals surface area contributed by atoms with Gasteiger partial charge in [0.15, 0.2) is 6.61 Å². The van der Waals surface area contributed by atoms with Gasteiger partial charge in [0.05, 0.1) is 0 Å². The molecule has 2 heterocycles. The lowest BCUT2D eigenvalue weighted by atomic mass is 10.1. The molecule has 4 rings (SSSR count).